The van der Waals surface area contributed by atoms with Gasteiger partial charge in [-0.15, -0.1) is 22.9 Å². The first-order valence-corrected chi connectivity index (χ1v) is 6.18. The van der Waals surface area contributed by atoms with Crippen molar-refractivity contribution in [3.8, 4) is 0 Å². The first-order chi connectivity index (χ1) is 6.77. The zero-order valence-corrected chi connectivity index (χ0v) is 10.2. The molecule has 0 saturated carbocycles. The molecule has 2 aromatic rings. The van der Waals surface area contributed by atoms with Gasteiger partial charge in [0.25, 0.3) is 0 Å². The van der Waals surface area contributed by atoms with E-state index in [0.29, 0.717) is 11.4 Å². The van der Waals surface area contributed by atoms with Gasteiger partial charge in [0.05, 0.1) is 0 Å². The Labute approximate surface area is 98.8 Å². The summed E-state index contributed by atoms with van der Waals surface area (Å²) in [6.07, 6.45) is 0.846. The van der Waals surface area contributed by atoms with E-state index >= 15 is 0 Å². The number of fused-ring (bicyclic) bond motifs is 1. The largest absolute Gasteiger partial charge is 0.298 e. The average molecular weight is 290 g/mol. The van der Waals surface area contributed by atoms with Gasteiger partial charge < -0.3 is 0 Å². The maximum absolute atomic E-state index is 10.9. The summed E-state index contributed by atoms with van der Waals surface area (Å²) in [5, 5.41) is 3.08. The lowest BCUT2D eigenvalue weighted by molar-refractivity contribution is 0.112. The van der Waals surface area contributed by atoms with Crippen LogP contribution in [0, 0.1) is 0 Å². The molecule has 14 heavy (non-hydrogen) atoms. The van der Waals surface area contributed by atoms with Crippen LogP contribution in [0.15, 0.2) is 22.0 Å². The van der Waals surface area contributed by atoms with Gasteiger partial charge in [-0.05, 0) is 39.0 Å². The molecular weight excluding hydrogens is 284 g/mol. The van der Waals surface area contributed by atoms with E-state index in [1.165, 1.54) is 0 Å². The van der Waals surface area contributed by atoms with E-state index in [-0.39, 0.29) is 0 Å². The molecule has 4 heteroatoms. The molecule has 1 aromatic heterocycles. The van der Waals surface area contributed by atoms with Crippen LogP contribution in [0.4, 0.5) is 0 Å². The lowest BCUT2D eigenvalue weighted by Gasteiger charge is -2.04. The maximum Gasteiger partial charge on any atom is 0.151 e. The van der Waals surface area contributed by atoms with Crippen LogP contribution in [0.2, 0.25) is 0 Å². The highest BCUT2D eigenvalue weighted by Gasteiger charge is 2.10. The van der Waals surface area contributed by atoms with Crippen LogP contribution < -0.4 is 0 Å². The highest BCUT2D eigenvalue weighted by Crippen LogP contribution is 2.33. The molecule has 0 radical (unpaired) electrons. The number of benzene rings is 1. The standard InChI is InChI=1S/C10H6BrClOS/c11-10-7-1-2-14-9(7)3-6(4-12)8(10)5-13/h1-3,5H,4H2. The number of rotatable bonds is 2. The van der Waals surface area contributed by atoms with Crippen molar-refractivity contribution < 1.29 is 4.79 Å². The minimum Gasteiger partial charge on any atom is -0.298 e. The predicted molar refractivity (Wildman–Crippen MR) is 64.5 cm³/mol. The van der Waals surface area contributed by atoms with Gasteiger partial charge in [-0.25, -0.2) is 0 Å². The third-order valence-electron chi connectivity index (χ3n) is 2.08. The second kappa shape index (κ2) is 4.01. The molecule has 0 amide bonds. The summed E-state index contributed by atoms with van der Waals surface area (Å²) in [6, 6.07) is 3.97. The van der Waals surface area contributed by atoms with Crippen LogP contribution >= 0.6 is 38.9 Å². The molecule has 0 aliphatic rings. The number of thiophene rings is 1. The van der Waals surface area contributed by atoms with Crippen LogP contribution in [0.1, 0.15) is 15.9 Å². The van der Waals surface area contributed by atoms with E-state index in [2.05, 4.69) is 15.9 Å². The number of hydrogen-bond acceptors (Lipinski definition) is 2. The molecule has 0 fully saturated rings. The second-order valence-corrected chi connectivity index (χ2v) is 4.86. The minimum absolute atomic E-state index is 0.362. The number of halogens is 2. The van der Waals surface area contributed by atoms with Gasteiger partial charge in [-0.2, -0.15) is 0 Å². The van der Waals surface area contributed by atoms with Crippen molar-refractivity contribution in [1.82, 2.24) is 0 Å². The Hall–Kier alpha value is -0.380. The van der Waals surface area contributed by atoms with Crippen molar-refractivity contribution in [2.75, 3.05) is 0 Å². The smallest absolute Gasteiger partial charge is 0.151 e. The van der Waals surface area contributed by atoms with Gasteiger partial charge in [-0.3, -0.25) is 4.79 Å². The molecule has 0 aliphatic heterocycles. The summed E-state index contributed by atoms with van der Waals surface area (Å²) in [4.78, 5) is 10.9. The first kappa shape index (κ1) is 10.1. The molecule has 0 saturated heterocycles. The molecular formula is C10H6BrClOS. The highest BCUT2D eigenvalue weighted by atomic mass is 79.9. The summed E-state index contributed by atoms with van der Waals surface area (Å²) in [5.41, 5.74) is 1.54. The van der Waals surface area contributed by atoms with Gasteiger partial charge in [-0.1, -0.05) is 0 Å². The van der Waals surface area contributed by atoms with Crippen LogP contribution in [0.5, 0.6) is 0 Å². The lowest BCUT2D eigenvalue weighted by Crippen LogP contribution is -1.91. The predicted octanol–water partition coefficient (Wildman–Crippen LogP) is 4.22. The SMILES string of the molecule is O=Cc1c(CCl)cc2sccc2c1Br. The third-order valence-corrected chi connectivity index (χ3v) is 4.09. The van der Waals surface area contributed by atoms with Crippen molar-refractivity contribution in [1.29, 1.82) is 0 Å². The first-order valence-electron chi connectivity index (χ1n) is 3.97. The van der Waals surface area contributed by atoms with Crippen LogP contribution in [0.25, 0.3) is 10.1 Å². The topological polar surface area (TPSA) is 17.1 Å². The summed E-state index contributed by atoms with van der Waals surface area (Å²) < 4.78 is 2.00. The second-order valence-electron chi connectivity index (χ2n) is 2.85. The zero-order valence-electron chi connectivity index (χ0n) is 7.09. The Bertz CT molecular complexity index is 492. The minimum atomic E-state index is 0.362. The Morgan fingerprint density at radius 2 is 2.36 bits per heavy atom. The monoisotopic (exact) mass is 288 g/mol. The average Bonchev–Trinajstić information content (AvgIpc) is 2.65. The molecule has 0 unspecified atom stereocenters. The van der Waals surface area contributed by atoms with Crippen molar-refractivity contribution in [2.24, 2.45) is 0 Å². The Kier molecular flexibility index (Phi) is 2.91. The maximum atomic E-state index is 10.9. The number of aldehydes is 1. The zero-order chi connectivity index (χ0) is 10.1. The van der Waals surface area contributed by atoms with Crippen molar-refractivity contribution in [3.05, 3.63) is 33.1 Å². The van der Waals surface area contributed by atoms with Crippen molar-refractivity contribution >= 4 is 55.2 Å². The van der Waals surface area contributed by atoms with Gasteiger partial charge in [0.2, 0.25) is 0 Å². The van der Waals surface area contributed by atoms with E-state index in [1.807, 2.05) is 17.5 Å². The Morgan fingerprint density at radius 3 is 3.00 bits per heavy atom. The molecule has 72 valence electrons. The molecule has 1 nitrogen and oxygen atoms in total. The summed E-state index contributed by atoms with van der Waals surface area (Å²) in [6.45, 7) is 0. The van der Waals surface area contributed by atoms with Crippen LogP contribution in [-0.2, 0) is 5.88 Å². The number of carbonyl (C=O) groups excluding carboxylic acids is 1. The molecule has 0 bridgehead atoms. The Morgan fingerprint density at radius 1 is 1.57 bits per heavy atom. The molecule has 0 aliphatic carbocycles. The normalized spacial score (nSPS) is 10.7. The lowest BCUT2D eigenvalue weighted by atomic mass is 10.1. The fourth-order valence-electron chi connectivity index (χ4n) is 1.37. The van der Waals surface area contributed by atoms with E-state index < -0.39 is 0 Å². The van der Waals surface area contributed by atoms with Crippen LogP contribution in [-0.4, -0.2) is 6.29 Å². The van der Waals surface area contributed by atoms with Crippen LogP contribution in [0.3, 0.4) is 0 Å². The van der Waals surface area contributed by atoms with E-state index in [9.17, 15) is 4.79 Å². The number of hydrogen-bond donors (Lipinski definition) is 0. The van der Waals surface area contributed by atoms with Crippen molar-refractivity contribution in [3.63, 3.8) is 0 Å². The quantitative estimate of drug-likeness (QED) is 0.598. The highest BCUT2D eigenvalue weighted by molar-refractivity contribution is 9.10. The summed E-state index contributed by atoms with van der Waals surface area (Å²) in [7, 11) is 0. The fourth-order valence-corrected chi connectivity index (χ4v) is 3.28. The fraction of sp³-hybridized carbons (Fsp3) is 0.100. The summed E-state index contributed by atoms with van der Waals surface area (Å²) >= 11 is 10.9. The molecule has 0 N–H and O–H groups in total. The molecule has 1 heterocycles. The van der Waals surface area contributed by atoms with E-state index in [4.69, 9.17) is 11.6 Å². The van der Waals surface area contributed by atoms with Gasteiger partial charge in [0.15, 0.2) is 6.29 Å². The molecule has 0 atom stereocenters. The molecule has 0 spiro atoms. The number of alkyl halides is 1. The number of carbonyl (C=O) groups is 1. The van der Waals surface area contributed by atoms with Gasteiger partial charge >= 0.3 is 0 Å². The Balaban J connectivity index is 2.85. The van der Waals surface area contributed by atoms with E-state index in [0.717, 1.165) is 26.4 Å². The van der Waals surface area contributed by atoms with E-state index in [1.54, 1.807) is 11.3 Å². The van der Waals surface area contributed by atoms with Crippen molar-refractivity contribution in [2.45, 2.75) is 5.88 Å². The molecule has 1 aromatic carbocycles. The molecule has 2 rings (SSSR count). The van der Waals surface area contributed by atoms with Gasteiger partial charge in [0, 0.05) is 26.0 Å². The third kappa shape index (κ3) is 1.49. The van der Waals surface area contributed by atoms with Gasteiger partial charge in [0.1, 0.15) is 0 Å². The summed E-state index contributed by atoms with van der Waals surface area (Å²) in [5.74, 6) is 0.362.